The Morgan fingerprint density at radius 2 is 1.92 bits per heavy atom. The van der Waals surface area contributed by atoms with Crippen LogP contribution < -0.4 is 4.74 Å². The molecule has 0 saturated carbocycles. The van der Waals surface area contributed by atoms with Gasteiger partial charge in [-0.1, -0.05) is 12.1 Å². The first-order valence-corrected chi connectivity index (χ1v) is 8.62. The third-order valence-corrected chi connectivity index (χ3v) is 4.55. The van der Waals surface area contributed by atoms with E-state index < -0.39 is 0 Å². The van der Waals surface area contributed by atoms with Crippen molar-refractivity contribution in [1.29, 1.82) is 0 Å². The number of rotatable bonds is 6. The lowest BCUT2D eigenvalue weighted by molar-refractivity contribution is -0.137. The van der Waals surface area contributed by atoms with Crippen LogP contribution in [0.5, 0.6) is 5.75 Å². The van der Waals surface area contributed by atoms with Gasteiger partial charge in [-0.3, -0.25) is 4.79 Å². The Hall–Kier alpha value is -1.66. The van der Waals surface area contributed by atoms with E-state index in [2.05, 4.69) is 0 Å². The Bertz CT molecular complexity index is 540. The summed E-state index contributed by atoms with van der Waals surface area (Å²) in [6, 6.07) is 6.31. The topological polar surface area (TPSA) is 48.0 Å². The first-order valence-electron chi connectivity index (χ1n) is 8.62. The van der Waals surface area contributed by atoms with E-state index >= 15 is 0 Å². The Balaban J connectivity index is 1.33. The number of para-hydroxylation sites is 1. The fourth-order valence-electron chi connectivity index (χ4n) is 3.20. The van der Waals surface area contributed by atoms with Crippen molar-refractivity contribution < 1.29 is 23.4 Å². The summed E-state index contributed by atoms with van der Waals surface area (Å²) in [5, 5.41) is 0. The second kappa shape index (κ2) is 8.44. The zero-order chi connectivity index (χ0) is 16.8. The minimum atomic E-state index is -0.373. The van der Waals surface area contributed by atoms with Gasteiger partial charge in [0.25, 0.3) is 0 Å². The minimum absolute atomic E-state index is 0.0866. The van der Waals surface area contributed by atoms with Gasteiger partial charge in [-0.15, -0.1) is 0 Å². The highest BCUT2D eigenvalue weighted by atomic mass is 19.1. The highest BCUT2D eigenvalue weighted by molar-refractivity contribution is 5.76. The predicted molar refractivity (Wildman–Crippen MR) is 86.1 cm³/mol. The molecule has 2 saturated heterocycles. The van der Waals surface area contributed by atoms with Crippen LogP contribution in [0.2, 0.25) is 0 Å². The first-order chi connectivity index (χ1) is 11.7. The van der Waals surface area contributed by atoms with Gasteiger partial charge in [0.05, 0.1) is 19.8 Å². The molecule has 0 spiro atoms. The molecule has 3 rings (SSSR count). The first kappa shape index (κ1) is 17.2. The van der Waals surface area contributed by atoms with E-state index in [4.69, 9.17) is 14.2 Å². The molecular weight excluding hydrogens is 313 g/mol. The molecule has 1 aromatic rings. The van der Waals surface area contributed by atoms with Gasteiger partial charge < -0.3 is 19.1 Å². The van der Waals surface area contributed by atoms with Gasteiger partial charge in [0, 0.05) is 25.4 Å². The summed E-state index contributed by atoms with van der Waals surface area (Å²) in [6.45, 7) is 3.19. The van der Waals surface area contributed by atoms with Crippen LogP contribution in [-0.2, 0) is 14.3 Å². The maximum atomic E-state index is 13.4. The molecule has 132 valence electrons. The number of amides is 1. The number of ether oxygens (including phenoxy) is 3. The molecule has 2 fully saturated rings. The number of likely N-dealkylation sites (tertiary alicyclic amines) is 1. The van der Waals surface area contributed by atoms with Crippen molar-refractivity contribution in [2.24, 2.45) is 5.92 Å². The van der Waals surface area contributed by atoms with Gasteiger partial charge in [0.1, 0.15) is 0 Å². The number of piperidine rings is 1. The maximum absolute atomic E-state index is 13.4. The van der Waals surface area contributed by atoms with Crippen LogP contribution in [0.3, 0.4) is 0 Å². The van der Waals surface area contributed by atoms with E-state index in [1.54, 1.807) is 18.2 Å². The SMILES string of the molecule is O=C(CCCOc1ccccc1F)N1CCC(C2OCCO2)CC1. The number of carbonyl (C=O) groups excluding carboxylic acids is 1. The smallest absolute Gasteiger partial charge is 0.222 e. The largest absolute Gasteiger partial charge is 0.491 e. The molecule has 1 amide bonds. The molecule has 0 atom stereocenters. The van der Waals surface area contributed by atoms with Gasteiger partial charge >= 0.3 is 0 Å². The van der Waals surface area contributed by atoms with Gasteiger partial charge in [0.2, 0.25) is 5.91 Å². The minimum Gasteiger partial charge on any atom is -0.491 e. The number of nitrogens with zero attached hydrogens (tertiary/aromatic N) is 1. The third kappa shape index (κ3) is 4.45. The monoisotopic (exact) mass is 337 g/mol. The lowest BCUT2D eigenvalue weighted by atomic mass is 9.96. The van der Waals surface area contributed by atoms with Crippen LogP contribution in [0, 0.1) is 11.7 Å². The molecule has 24 heavy (non-hydrogen) atoms. The Kier molecular flexibility index (Phi) is 6.04. The van der Waals surface area contributed by atoms with E-state index in [-0.39, 0.29) is 23.8 Å². The summed E-state index contributed by atoms with van der Waals surface area (Å²) in [5.74, 6) is 0.393. The van der Waals surface area contributed by atoms with E-state index in [0.29, 0.717) is 38.6 Å². The van der Waals surface area contributed by atoms with E-state index in [0.717, 1.165) is 25.9 Å². The van der Waals surface area contributed by atoms with Crippen molar-refractivity contribution in [3.05, 3.63) is 30.1 Å². The highest BCUT2D eigenvalue weighted by Gasteiger charge is 2.31. The lowest BCUT2D eigenvalue weighted by Crippen LogP contribution is -2.41. The van der Waals surface area contributed by atoms with Crippen molar-refractivity contribution >= 4 is 5.91 Å². The zero-order valence-electron chi connectivity index (χ0n) is 13.8. The number of halogens is 1. The summed E-state index contributed by atoms with van der Waals surface area (Å²) in [7, 11) is 0. The summed E-state index contributed by atoms with van der Waals surface area (Å²) < 4.78 is 29.9. The molecular formula is C18H24FNO4. The van der Waals surface area contributed by atoms with Crippen LogP contribution in [-0.4, -0.2) is 50.0 Å². The normalized spacial score (nSPS) is 19.6. The van der Waals surface area contributed by atoms with Crippen molar-refractivity contribution in [3.63, 3.8) is 0 Å². The average Bonchev–Trinajstić information content (AvgIpc) is 3.15. The molecule has 5 nitrogen and oxygen atoms in total. The van der Waals surface area contributed by atoms with E-state index in [9.17, 15) is 9.18 Å². The summed E-state index contributed by atoms with van der Waals surface area (Å²) in [6.07, 6.45) is 2.76. The molecule has 6 heteroatoms. The molecule has 2 heterocycles. The second-order valence-electron chi connectivity index (χ2n) is 6.21. The second-order valence-corrected chi connectivity index (χ2v) is 6.21. The van der Waals surface area contributed by atoms with Crippen molar-refractivity contribution in [2.75, 3.05) is 32.9 Å². The zero-order valence-corrected chi connectivity index (χ0v) is 13.8. The van der Waals surface area contributed by atoms with Gasteiger partial charge in [-0.25, -0.2) is 4.39 Å². The molecule has 2 aliphatic heterocycles. The number of benzene rings is 1. The summed E-state index contributed by atoms with van der Waals surface area (Å²) >= 11 is 0. The van der Waals surface area contributed by atoms with Crippen LogP contribution >= 0.6 is 0 Å². The standard InChI is InChI=1S/C18H24FNO4/c19-15-4-1-2-5-16(15)22-11-3-6-17(21)20-9-7-14(8-10-20)18-23-12-13-24-18/h1-2,4-5,14,18H,3,6-13H2. The maximum Gasteiger partial charge on any atom is 0.222 e. The number of hydrogen-bond acceptors (Lipinski definition) is 4. The number of carbonyl (C=O) groups is 1. The van der Waals surface area contributed by atoms with Crippen LogP contribution in [0.25, 0.3) is 0 Å². The van der Waals surface area contributed by atoms with Crippen molar-refractivity contribution in [1.82, 2.24) is 4.90 Å². The predicted octanol–water partition coefficient (Wildman–Crippen LogP) is 2.60. The van der Waals surface area contributed by atoms with Crippen LogP contribution in [0.4, 0.5) is 4.39 Å². The summed E-state index contributed by atoms with van der Waals surface area (Å²) in [4.78, 5) is 14.1. The van der Waals surface area contributed by atoms with Crippen LogP contribution in [0.1, 0.15) is 25.7 Å². The Labute approximate surface area is 141 Å². The molecule has 0 bridgehead atoms. The molecule has 0 unspecified atom stereocenters. The van der Waals surface area contributed by atoms with Gasteiger partial charge in [0.15, 0.2) is 17.9 Å². The molecule has 0 N–H and O–H groups in total. The van der Waals surface area contributed by atoms with Gasteiger partial charge in [-0.2, -0.15) is 0 Å². The lowest BCUT2D eigenvalue weighted by Gasteiger charge is -2.33. The average molecular weight is 337 g/mol. The van der Waals surface area contributed by atoms with E-state index in [1.165, 1.54) is 6.07 Å². The van der Waals surface area contributed by atoms with Crippen LogP contribution in [0.15, 0.2) is 24.3 Å². The molecule has 0 aliphatic carbocycles. The third-order valence-electron chi connectivity index (χ3n) is 4.55. The molecule has 1 aromatic carbocycles. The van der Waals surface area contributed by atoms with E-state index in [1.807, 2.05) is 4.90 Å². The summed E-state index contributed by atoms with van der Waals surface area (Å²) in [5.41, 5.74) is 0. The molecule has 0 radical (unpaired) electrons. The quantitative estimate of drug-likeness (QED) is 0.749. The van der Waals surface area contributed by atoms with Crippen molar-refractivity contribution in [2.45, 2.75) is 32.0 Å². The molecule has 0 aromatic heterocycles. The fraction of sp³-hybridized carbons (Fsp3) is 0.611. The van der Waals surface area contributed by atoms with Gasteiger partial charge in [-0.05, 0) is 31.4 Å². The number of hydrogen-bond donors (Lipinski definition) is 0. The fourth-order valence-corrected chi connectivity index (χ4v) is 3.20. The Morgan fingerprint density at radius 3 is 2.62 bits per heavy atom. The highest BCUT2D eigenvalue weighted by Crippen LogP contribution is 2.26. The molecule has 2 aliphatic rings. The Morgan fingerprint density at radius 1 is 1.21 bits per heavy atom. The van der Waals surface area contributed by atoms with Crippen molar-refractivity contribution in [3.8, 4) is 5.75 Å².